The van der Waals surface area contributed by atoms with Crippen molar-refractivity contribution in [3.8, 4) is 11.5 Å². The fraction of sp³-hybridized carbons (Fsp3) is 0.333. The quantitative estimate of drug-likeness (QED) is 0.617. The first-order chi connectivity index (χ1) is 12.7. The number of aryl methyl sites for hydroxylation is 1. The molecule has 134 valence electrons. The lowest BCUT2D eigenvalue weighted by Crippen LogP contribution is -2.33. The summed E-state index contributed by atoms with van der Waals surface area (Å²) in [5, 5.41) is 0.688. The molecule has 1 saturated heterocycles. The monoisotopic (exact) mass is 367 g/mol. The lowest BCUT2D eigenvalue weighted by atomic mass is 9.96. The van der Waals surface area contributed by atoms with Crippen LogP contribution in [0.1, 0.15) is 42.3 Å². The number of rotatable bonds is 4. The largest absolute Gasteiger partial charge is 0.441 e. The number of pyridine rings is 1. The van der Waals surface area contributed by atoms with Crippen LogP contribution in [0, 0.1) is 6.92 Å². The van der Waals surface area contributed by atoms with E-state index < -0.39 is 0 Å². The highest BCUT2D eigenvalue weighted by Crippen LogP contribution is 2.33. The Balaban J connectivity index is 1.58. The molecular weight excluding hydrogens is 346 g/mol. The van der Waals surface area contributed by atoms with Crippen molar-refractivity contribution in [3.63, 3.8) is 0 Å². The van der Waals surface area contributed by atoms with Gasteiger partial charge < -0.3 is 4.42 Å². The molecule has 0 N–H and O–H groups in total. The minimum atomic E-state index is 0.392. The summed E-state index contributed by atoms with van der Waals surface area (Å²) < 4.78 is 5.93. The van der Waals surface area contributed by atoms with Gasteiger partial charge in [0.25, 0.3) is 0 Å². The minimum absolute atomic E-state index is 0.392. The smallest absolute Gasteiger partial charge is 0.226 e. The number of benzene rings is 1. The molecule has 0 radical (unpaired) electrons. The summed E-state index contributed by atoms with van der Waals surface area (Å²) in [5.74, 6) is 1.51. The Labute approximate surface area is 158 Å². The Morgan fingerprint density at radius 2 is 2.15 bits per heavy atom. The maximum absolute atomic E-state index is 6.10. The number of aromatic nitrogens is 2. The Morgan fingerprint density at radius 1 is 1.23 bits per heavy atom. The Hall–Kier alpha value is -2.17. The Bertz CT molecular complexity index is 878. The highest BCUT2D eigenvalue weighted by molar-refractivity contribution is 6.30. The summed E-state index contributed by atoms with van der Waals surface area (Å²) in [6, 6.07) is 12.2. The van der Waals surface area contributed by atoms with E-state index in [1.807, 2.05) is 49.6 Å². The zero-order chi connectivity index (χ0) is 17.9. The van der Waals surface area contributed by atoms with E-state index in [4.69, 9.17) is 21.0 Å². The molecule has 4 rings (SSSR count). The number of likely N-dealkylation sites (tertiary alicyclic amines) is 1. The number of hydrogen-bond donors (Lipinski definition) is 0. The van der Waals surface area contributed by atoms with Gasteiger partial charge in [-0.05, 0) is 56.1 Å². The molecule has 0 saturated carbocycles. The molecule has 1 aliphatic heterocycles. The van der Waals surface area contributed by atoms with Gasteiger partial charge in [-0.1, -0.05) is 30.2 Å². The van der Waals surface area contributed by atoms with Crippen molar-refractivity contribution in [3.05, 3.63) is 70.8 Å². The molecule has 1 unspecified atom stereocenters. The summed E-state index contributed by atoms with van der Waals surface area (Å²) >= 11 is 6.10. The van der Waals surface area contributed by atoms with E-state index in [2.05, 4.69) is 16.0 Å². The molecule has 5 heteroatoms. The molecule has 1 atom stereocenters. The third kappa shape index (κ3) is 3.67. The van der Waals surface area contributed by atoms with Gasteiger partial charge in [-0.25, -0.2) is 4.98 Å². The molecule has 0 bridgehead atoms. The van der Waals surface area contributed by atoms with E-state index in [0.29, 0.717) is 17.0 Å². The van der Waals surface area contributed by atoms with Crippen LogP contribution in [0.25, 0.3) is 11.5 Å². The first-order valence-electron chi connectivity index (χ1n) is 9.07. The van der Waals surface area contributed by atoms with Gasteiger partial charge in [0, 0.05) is 35.6 Å². The van der Waals surface area contributed by atoms with Crippen LogP contribution >= 0.6 is 11.6 Å². The molecule has 0 amide bonds. The van der Waals surface area contributed by atoms with Crippen LogP contribution in [0.2, 0.25) is 5.02 Å². The zero-order valence-electron chi connectivity index (χ0n) is 14.9. The first kappa shape index (κ1) is 17.3. The summed E-state index contributed by atoms with van der Waals surface area (Å²) in [5.41, 5.74) is 3.19. The lowest BCUT2D eigenvalue weighted by Gasteiger charge is -2.35. The van der Waals surface area contributed by atoms with E-state index in [1.54, 1.807) is 0 Å². The molecule has 1 fully saturated rings. The first-order valence-corrected chi connectivity index (χ1v) is 9.45. The van der Waals surface area contributed by atoms with Crippen LogP contribution in [-0.4, -0.2) is 21.4 Å². The fourth-order valence-electron chi connectivity index (χ4n) is 3.64. The third-order valence-electron chi connectivity index (χ3n) is 5.00. The molecular formula is C21H22ClN3O. The molecule has 1 aliphatic rings. The second-order valence-corrected chi connectivity index (χ2v) is 7.24. The second-order valence-electron chi connectivity index (χ2n) is 6.80. The SMILES string of the molecule is Cc1oc(-c2cccc(Cl)c2)nc1CN1CCCCC1c1cccnc1. The molecule has 0 spiro atoms. The van der Waals surface area contributed by atoms with Crippen LogP contribution in [0.3, 0.4) is 0 Å². The molecule has 2 aromatic heterocycles. The van der Waals surface area contributed by atoms with E-state index >= 15 is 0 Å². The van der Waals surface area contributed by atoms with Gasteiger partial charge in [-0.15, -0.1) is 0 Å². The number of nitrogens with zero attached hydrogens (tertiary/aromatic N) is 3. The normalized spacial score (nSPS) is 18.2. The highest BCUT2D eigenvalue weighted by Gasteiger charge is 2.26. The summed E-state index contributed by atoms with van der Waals surface area (Å²) in [4.78, 5) is 11.6. The predicted molar refractivity (Wildman–Crippen MR) is 103 cm³/mol. The lowest BCUT2D eigenvalue weighted by molar-refractivity contribution is 0.138. The topological polar surface area (TPSA) is 42.2 Å². The van der Waals surface area contributed by atoms with E-state index in [1.165, 1.54) is 18.4 Å². The van der Waals surface area contributed by atoms with Gasteiger partial charge in [-0.2, -0.15) is 0 Å². The maximum Gasteiger partial charge on any atom is 0.226 e. The number of piperidine rings is 1. The standard InChI is InChI=1S/C21H22ClN3O/c1-15-19(24-21(26-15)16-6-4-8-18(22)12-16)14-25-11-3-2-9-20(25)17-7-5-10-23-13-17/h4-8,10,12-13,20H,2-3,9,11,14H2,1H3. The summed E-state index contributed by atoms with van der Waals surface area (Å²) in [6.45, 7) is 3.84. The van der Waals surface area contributed by atoms with E-state index in [9.17, 15) is 0 Å². The molecule has 0 aliphatic carbocycles. The number of hydrogen-bond acceptors (Lipinski definition) is 4. The summed E-state index contributed by atoms with van der Waals surface area (Å²) in [7, 11) is 0. The van der Waals surface area contributed by atoms with Crippen molar-refractivity contribution in [1.29, 1.82) is 0 Å². The third-order valence-corrected chi connectivity index (χ3v) is 5.24. The average molecular weight is 368 g/mol. The number of halogens is 1. The molecule has 3 heterocycles. The fourth-order valence-corrected chi connectivity index (χ4v) is 3.83. The Kier molecular flexibility index (Phi) is 5.05. The highest BCUT2D eigenvalue weighted by atomic mass is 35.5. The van der Waals surface area contributed by atoms with Crippen molar-refractivity contribution in [1.82, 2.24) is 14.9 Å². The van der Waals surface area contributed by atoms with Crippen LogP contribution in [0.4, 0.5) is 0 Å². The van der Waals surface area contributed by atoms with Gasteiger partial charge >= 0.3 is 0 Å². The average Bonchev–Trinajstić information content (AvgIpc) is 3.04. The van der Waals surface area contributed by atoms with Crippen LogP contribution < -0.4 is 0 Å². The molecule has 3 aromatic rings. The second kappa shape index (κ2) is 7.60. The van der Waals surface area contributed by atoms with Gasteiger partial charge in [0.15, 0.2) is 0 Å². The van der Waals surface area contributed by atoms with Crippen LogP contribution in [0.5, 0.6) is 0 Å². The molecule has 1 aromatic carbocycles. The van der Waals surface area contributed by atoms with Gasteiger partial charge in [0.2, 0.25) is 5.89 Å². The molecule has 4 nitrogen and oxygen atoms in total. The van der Waals surface area contributed by atoms with E-state index in [0.717, 1.165) is 36.5 Å². The number of oxazole rings is 1. The maximum atomic E-state index is 6.10. The predicted octanol–water partition coefficient (Wildman–Crippen LogP) is 5.43. The van der Waals surface area contributed by atoms with Crippen LogP contribution in [0.15, 0.2) is 53.2 Å². The van der Waals surface area contributed by atoms with E-state index in [-0.39, 0.29) is 0 Å². The van der Waals surface area contributed by atoms with Crippen molar-refractivity contribution < 1.29 is 4.42 Å². The van der Waals surface area contributed by atoms with Crippen molar-refractivity contribution in [2.45, 2.75) is 38.8 Å². The van der Waals surface area contributed by atoms with Gasteiger partial charge in [0.05, 0.1) is 5.69 Å². The van der Waals surface area contributed by atoms with Crippen molar-refractivity contribution in [2.24, 2.45) is 0 Å². The van der Waals surface area contributed by atoms with Crippen LogP contribution in [-0.2, 0) is 6.54 Å². The summed E-state index contributed by atoms with van der Waals surface area (Å²) in [6.07, 6.45) is 7.44. The Morgan fingerprint density at radius 3 is 2.96 bits per heavy atom. The zero-order valence-corrected chi connectivity index (χ0v) is 15.6. The van der Waals surface area contributed by atoms with Gasteiger partial charge in [0.1, 0.15) is 5.76 Å². The van der Waals surface area contributed by atoms with Gasteiger partial charge in [-0.3, -0.25) is 9.88 Å². The minimum Gasteiger partial charge on any atom is -0.441 e. The molecule has 26 heavy (non-hydrogen) atoms. The van der Waals surface area contributed by atoms with Crippen molar-refractivity contribution in [2.75, 3.05) is 6.54 Å². The van der Waals surface area contributed by atoms with Crippen molar-refractivity contribution >= 4 is 11.6 Å².